The Labute approximate surface area is 159 Å². The van der Waals surface area contributed by atoms with E-state index in [0.29, 0.717) is 16.5 Å². The summed E-state index contributed by atoms with van der Waals surface area (Å²) < 4.78 is 7.71. The van der Waals surface area contributed by atoms with Crippen LogP contribution in [0.15, 0.2) is 24.3 Å². The number of hydrogen-bond acceptors (Lipinski definition) is 3. The van der Waals surface area contributed by atoms with Crippen LogP contribution in [-0.2, 0) is 6.54 Å². The molecule has 1 aromatic heterocycles. The molecule has 0 aliphatic carbocycles. The van der Waals surface area contributed by atoms with E-state index in [9.17, 15) is 9.59 Å². The summed E-state index contributed by atoms with van der Waals surface area (Å²) in [5, 5.41) is 0.381. The van der Waals surface area contributed by atoms with Gasteiger partial charge in [0.2, 0.25) is 5.78 Å². The van der Waals surface area contributed by atoms with Crippen molar-refractivity contribution in [3.8, 4) is 5.75 Å². The van der Waals surface area contributed by atoms with Crippen molar-refractivity contribution >= 4 is 23.3 Å². The van der Waals surface area contributed by atoms with Gasteiger partial charge in [0, 0.05) is 28.5 Å². The minimum Gasteiger partial charge on any atom is -0.485 e. The monoisotopic (exact) mass is 376 g/mol. The molecule has 2 rings (SSSR count). The third-order valence-corrected chi connectivity index (χ3v) is 4.61. The lowest BCUT2D eigenvalue weighted by Crippen LogP contribution is -2.17. The topological polar surface area (TPSA) is 74.3 Å². The first-order chi connectivity index (χ1) is 12.2. The van der Waals surface area contributed by atoms with Crippen LogP contribution in [0.25, 0.3) is 0 Å². The van der Waals surface area contributed by atoms with Gasteiger partial charge in [-0.15, -0.1) is 0 Å². The van der Waals surface area contributed by atoms with Crippen molar-refractivity contribution in [3.05, 3.63) is 51.8 Å². The Kier molecular flexibility index (Phi) is 6.48. The molecule has 1 aromatic carbocycles. The second-order valence-electron chi connectivity index (χ2n) is 6.84. The van der Waals surface area contributed by atoms with E-state index in [1.807, 2.05) is 19.9 Å². The Morgan fingerprint density at radius 1 is 1.19 bits per heavy atom. The van der Waals surface area contributed by atoms with Gasteiger partial charge in [0.15, 0.2) is 6.61 Å². The van der Waals surface area contributed by atoms with Crippen LogP contribution in [0.1, 0.15) is 52.4 Å². The van der Waals surface area contributed by atoms with Crippen molar-refractivity contribution in [2.45, 2.75) is 40.7 Å². The number of rotatable bonds is 8. The Bertz CT molecular complexity index is 825. The van der Waals surface area contributed by atoms with Crippen LogP contribution in [0.4, 0.5) is 0 Å². The summed E-state index contributed by atoms with van der Waals surface area (Å²) >= 11 is 5.88. The number of primary amides is 1. The highest BCUT2D eigenvalue weighted by Crippen LogP contribution is 2.23. The third-order valence-electron chi connectivity index (χ3n) is 4.37. The smallest absolute Gasteiger partial charge is 0.252 e. The molecule has 140 valence electrons. The first kappa shape index (κ1) is 20.0. The van der Waals surface area contributed by atoms with Gasteiger partial charge in [0.1, 0.15) is 5.75 Å². The number of ether oxygens (including phenoxy) is 1. The van der Waals surface area contributed by atoms with Crippen LogP contribution in [0.3, 0.4) is 0 Å². The first-order valence-corrected chi connectivity index (χ1v) is 9.00. The molecular formula is C20H25ClN2O3. The molecule has 5 nitrogen and oxygen atoms in total. The number of amides is 1. The minimum atomic E-state index is -0.651. The van der Waals surface area contributed by atoms with Gasteiger partial charge in [-0.2, -0.15) is 0 Å². The molecule has 0 unspecified atom stereocenters. The summed E-state index contributed by atoms with van der Waals surface area (Å²) in [6.45, 7) is 9.00. The molecule has 0 bridgehead atoms. The van der Waals surface area contributed by atoms with Crippen molar-refractivity contribution < 1.29 is 14.3 Å². The Balaban J connectivity index is 2.14. The zero-order valence-electron chi connectivity index (χ0n) is 15.6. The SMILES string of the molecule is Cc1cc(C(=O)COc2ccc(Cl)cc2C(N)=O)c(C)n1CCC(C)C. The number of Topliss-reactive ketones (excluding diaryl/α,β-unsaturated/α-hetero) is 1. The molecule has 0 atom stereocenters. The molecule has 0 fully saturated rings. The van der Waals surface area contributed by atoms with Gasteiger partial charge in [0.25, 0.3) is 5.91 Å². The Morgan fingerprint density at radius 3 is 2.50 bits per heavy atom. The van der Waals surface area contributed by atoms with Gasteiger partial charge in [0.05, 0.1) is 5.56 Å². The second-order valence-corrected chi connectivity index (χ2v) is 7.27. The predicted octanol–water partition coefficient (Wildman–Crippen LogP) is 4.17. The number of nitrogens with two attached hydrogens (primary N) is 1. The van der Waals surface area contributed by atoms with E-state index in [1.165, 1.54) is 6.07 Å². The fraction of sp³-hybridized carbons (Fsp3) is 0.400. The largest absolute Gasteiger partial charge is 0.485 e. The molecule has 2 aromatic rings. The normalized spacial score (nSPS) is 11.0. The maximum atomic E-state index is 12.6. The van der Waals surface area contributed by atoms with E-state index >= 15 is 0 Å². The Morgan fingerprint density at radius 2 is 1.88 bits per heavy atom. The molecule has 0 saturated carbocycles. The quantitative estimate of drug-likeness (QED) is 0.703. The number of carbonyl (C=O) groups excluding carboxylic acids is 2. The average molecular weight is 377 g/mol. The van der Waals surface area contributed by atoms with Gasteiger partial charge < -0.3 is 15.0 Å². The number of benzene rings is 1. The summed E-state index contributed by atoms with van der Waals surface area (Å²) in [7, 11) is 0. The van der Waals surface area contributed by atoms with Crippen molar-refractivity contribution in [2.75, 3.05) is 6.61 Å². The molecule has 26 heavy (non-hydrogen) atoms. The lowest BCUT2D eigenvalue weighted by atomic mass is 10.1. The van der Waals surface area contributed by atoms with E-state index < -0.39 is 5.91 Å². The lowest BCUT2D eigenvalue weighted by Gasteiger charge is -2.12. The van der Waals surface area contributed by atoms with Gasteiger partial charge in [-0.05, 0) is 50.5 Å². The van der Waals surface area contributed by atoms with Crippen LogP contribution in [0, 0.1) is 19.8 Å². The average Bonchev–Trinajstić information content (AvgIpc) is 2.85. The lowest BCUT2D eigenvalue weighted by molar-refractivity contribution is 0.0911. The van der Waals surface area contributed by atoms with Crippen LogP contribution in [-0.4, -0.2) is 22.9 Å². The molecule has 1 amide bonds. The highest BCUT2D eigenvalue weighted by atomic mass is 35.5. The standard InChI is InChI=1S/C20H25ClN2O3/c1-12(2)7-8-23-13(3)9-16(14(23)4)18(24)11-26-19-6-5-15(21)10-17(19)20(22)25/h5-6,9-10,12H,7-8,11H2,1-4H3,(H2,22,25). The number of carbonyl (C=O) groups is 2. The number of aromatic nitrogens is 1. The van der Waals surface area contributed by atoms with Gasteiger partial charge in [-0.3, -0.25) is 9.59 Å². The molecule has 0 spiro atoms. The van der Waals surface area contributed by atoms with E-state index in [0.717, 1.165) is 24.4 Å². The molecule has 2 N–H and O–H groups in total. The van der Waals surface area contributed by atoms with E-state index in [2.05, 4.69) is 18.4 Å². The van der Waals surface area contributed by atoms with E-state index in [1.54, 1.807) is 12.1 Å². The highest BCUT2D eigenvalue weighted by molar-refractivity contribution is 6.31. The Hall–Kier alpha value is -2.27. The molecule has 0 saturated heterocycles. The van der Waals surface area contributed by atoms with E-state index in [4.69, 9.17) is 22.1 Å². The molecule has 0 aliphatic rings. The highest BCUT2D eigenvalue weighted by Gasteiger charge is 2.18. The van der Waals surface area contributed by atoms with Crippen molar-refractivity contribution in [3.63, 3.8) is 0 Å². The van der Waals surface area contributed by atoms with E-state index in [-0.39, 0.29) is 23.7 Å². The number of hydrogen-bond donors (Lipinski definition) is 1. The number of halogens is 1. The van der Waals surface area contributed by atoms with Gasteiger partial charge in [-0.25, -0.2) is 0 Å². The van der Waals surface area contributed by atoms with Crippen molar-refractivity contribution in [1.29, 1.82) is 0 Å². The fourth-order valence-corrected chi connectivity index (χ4v) is 3.03. The van der Waals surface area contributed by atoms with Crippen molar-refractivity contribution in [2.24, 2.45) is 11.7 Å². The van der Waals surface area contributed by atoms with Gasteiger partial charge >= 0.3 is 0 Å². The maximum absolute atomic E-state index is 12.6. The molecule has 0 aliphatic heterocycles. The van der Waals surface area contributed by atoms with Crippen LogP contribution in [0.2, 0.25) is 5.02 Å². The molecule has 1 heterocycles. The summed E-state index contributed by atoms with van der Waals surface area (Å²) in [5.41, 5.74) is 8.12. The summed E-state index contributed by atoms with van der Waals surface area (Å²) in [4.78, 5) is 24.1. The van der Waals surface area contributed by atoms with Gasteiger partial charge in [-0.1, -0.05) is 25.4 Å². The van der Waals surface area contributed by atoms with Crippen molar-refractivity contribution in [1.82, 2.24) is 4.57 Å². The first-order valence-electron chi connectivity index (χ1n) is 8.62. The van der Waals surface area contributed by atoms with Crippen LogP contribution >= 0.6 is 11.6 Å². The second kappa shape index (κ2) is 8.41. The zero-order valence-corrected chi connectivity index (χ0v) is 16.4. The molecular weight excluding hydrogens is 352 g/mol. The summed E-state index contributed by atoms with van der Waals surface area (Å²) in [6, 6.07) is 6.45. The number of nitrogens with zero attached hydrogens (tertiary/aromatic N) is 1. The van der Waals surface area contributed by atoms with Crippen LogP contribution in [0.5, 0.6) is 5.75 Å². The van der Waals surface area contributed by atoms with Crippen LogP contribution < -0.4 is 10.5 Å². The molecule has 6 heteroatoms. The molecule has 0 radical (unpaired) electrons. The summed E-state index contributed by atoms with van der Waals surface area (Å²) in [5.74, 6) is 0.0563. The predicted molar refractivity (Wildman–Crippen MR) is 103 cm³/mol. The minimum absolute atomic E-state index is 0.140. The maximum Gasteiger partial charge on any atom is 0.252 e. The third kappa shape index (κ3) is 4.67. The fourth-order valence-electron chi connectivity index (χ4n) is 2.86. The number of ketones is 1. The summed E-state index contributed by atoms with van der Waals surface area (Å²) in [6.07, 6.45) is 1.05. The number of aryl methyl sites for hydroxylation is 1. The zero-order chi connectivity index (χ0) is 19.4.